The van der Waals surface area contributed by atoms with Crippen LogP contribution >= 0.6 is 36.4 Å². The number of rotatable bonds is 4. The molecule has 1 aliphatic carbocycles. The van der Waals surface area contributed by atoms with Crippen molar-refractivity contribution in [1.82, 2.24) is 10.3 Å². The Morgan fingerprint density at radius 1 is 1.41 bits per heavy atom. The molecular formula is C11H18Cl3N3. The van der Waals surface area contributed by atoms with E-state index in [0.717, 1.165) is 12.2 Å². The summed E-state index contributed by atoms with van der Waals surface area (Å²) in [7, 11) is 4.10. The molecule has 0 aromatic carbocycles. The molecule has 1 aromatic heterocycles. The summed E-state index contributed by atoms with van der Waals surface area (Å²) in [6.07, 6.45) is 6.01. The van der Waals surface area contributed by atoms with Gasteiger partial charge in [-0.05, 0) is 26.0 Å². The molecule has 98 valence electrons. The first-order chi connectivity index (χ1) is 7.15. The number of nitrogens with zero attached hydrogens (tertiary/aromatic N) is 2. The zero-order valence-corrected chi connectivity index (χ0v) is 12.3. The van der Waals surface area contributed by atoms with Crippen molar-refractivity contribution < 1.29 is 0 Å². The summed E-state index contributed by atoms with van der Waals surface area (Å²) in [6, 6.07) is 1.94. The summed E-state index contributed by atoms with van der Waals surface area (Å²) in [4.78, 5) is 6.28. The van der Waals surface area contributed by atoms with Crippen molar-refractivity contribution in [1.29, 1.82) is 0 Å². The van der Waals surface area contributed by atoms with Crippen LogP contribution in [-0.2, 0) is 0 Å². The Bertz CT molecular complexity index is 356. The van der Waals surface area contributed by atoms with Gasteiger partial charge in [0.25, 0.3) is 0 Å². The van der Waals surface area contributed by atoms with E-state index in [1.54, 1.807) is 6.20 Å². The first-order valence-electron chi connectivity index (χ1n) is 5.16. The molecule has 1 aromatic rings. The summed E-state index contributed by atoms with van der Waals surface area (Å²) in [6.45, 7) is 1.01. The quantitative estimate of drug-likeness (QED) is 0.926. The first kappa shape index (κ1) is 16.8. The van der Waals surface area contributed by atoms with Crippen LogP contribution in [0.25, 0.3) is 0 Å². The lowest BCUT2D eigenvalue weighted by molar-refractivity contribution is 0.549. The van der Waals surface area contributed by atoms with Crippen LogP contribution in [0.5, 0.6) is 0 Å². The molecule has 0 saturated heterocycles. The molecule has 0 amide bonds. The van der Waals surface area contributed by atoms with Gasteiger partial charge in [-0.1, -0.05) is 11.6 Å². The highest BCUT2D eigenvalue weighted by Gasteiger charge is 2.41. The Morgan fingerprint density at radius 3 is 2.53 bits per heavy atom. The molecule has 1 fully saturated rings. The Kier molecular flexibility index (Phi) is 6.56. The minimum absolute atomic E-state index is 0. The third kappa shape index (κ3) is 4.18. The molecular weight excluding hydrogens is 281 g/mol. The molecule has 3 nitrogen and oxygen atoms in total. The van der Waals surface area contributed by atoms with Gasteiger partial charge in [0.1, 0.15) is 0 Å². The lowest BCUT2D eigenvalue weighted by Crippen LogP contribution is -2.39. The highest BCUT2D eigenvalue weighted by Crippen LogP contribution is 2.36. The smallest absolute Gasteiger partial charge is 0.0609 e. The van der Waals surface area contributed by atoms with E-state index in [-0.39, 0.29) is 24.8 Å². The van der Waals surface area contributed by atoms with E-state index in [1.807, 2.05) is 19.3 Å². The third-order valence-corrected chi connectivity index (χ3v) is 3.26. The maximum absolute atomic E-state index is 5.90. The summed E-state index contributed by atoms with van der Waals surface area (Å²) in [5.41, 5.74) is 1.39. The second kappa shape index (κ2) is 6.64. The molecule has 0 atom stereocenters. The van der Waals surface area contributed by atoms with Crippen LogP contribution in [0.15, 0.2) is 18.5 Å². The molecule has 0 spiro atoms. The van der Waals surface area contributed by atoms with Crippen LogP contribution in [-0.4, -0.2) is 31.2 Å². The van der Waals surface area contributed by atoms with Crippen molar-refractivity contribution in [2.75, 3.05) is 25.5 Å². The molecule has 1 N–H and O–H groups in total. The van der Waals surface area contributed by atoms with Crippen LogP contribution in [0.2, 0.25) is 5.02 Å². The summed E-state index contributed by atoms with van der Waals surface area (Å²) in [5, 5.41) is 4.06. The van der Waals surface area contributed by atoms with Crippen molar-refractivity contribution in [3.63, 3.8) is 0 Å². The largest absolute Gasteiger partial charge is 0.371 e. The van der Waals surface area contributed by atoms with E-state index >= 15 is 0 Å². The first-order valence-corrected chi connectivity index (χ1v) is 5.54. The number of anilines is 1. The third-order valence-electron chi connectivity index (χ3n) is 3.05. The van der Waals surface area contributed by atoms with E-state index in [9.17, 15) is 0 Å². The fourth-order valence-electron chi connectivity index (χ4n) is 1.79. The minimum atomic E-state index is 0. The zero-order valence-electron chi connectivity index (χ0n) is 9.94. The van der Waals surface area contributed by atoms with Crippen molar-refractivity contribution in [3.8, 4) is 0 Å². The van der Waals surface area contributed by atoms with Gasteiger partial charge in [-0.25, -0.2) is 0 Å². The second-order valence-electron chi connectivity index (χ2n) is 4.25. The number of halogens is 3. The summed E-state index contributed by atoms with van der Waals surface area (Å²) >= 11 is 5.90. The van der Waals surface area contributed by atoms with Crippen molar-refractivity contribution in [2.24, 2.45) is 0 Å². The monoisotopic (exact) mass is 297 g/mol. The zero-order chi connectivity index (χ0) is 10.9. The maximum Gasteiger partial charge on any atom is 0.0609 e. The molecule has 1 heterocycles. The van der Waals surface area contributed by atoms with Crippen molar-refractivity contribution in [3.05, 3.63) is 23.5 Å². The van der Waals surface area contributed by atoms with Gasteiger partial charge in [0, 0.05) is 25.3 Å². The fraction of sp³-hybridized carbons (Fsp3) is 0.545. The van der Waals surface area contributed by atoms with Gasteiger partial charge < -0.3 is 10.2 Å². The van der Waals surface area contributed by atoms with Crippen molar-refractivity contribution in [2.45, 2.75) is 18.4 Å². The summed E-state index contributed by atoms with van der Waals surface area (Å²) in [5.74, 6) is 0. The van der Waals surface area contributed by atoms with E-state index in [2.05, 4.69) is 22.2 Å². The molecule has 0 unspecified atom stereocenters. The van der Waals surface area contributed by atoms with Crippen LogP contribution in [0, 0.1) is 0 Å². The number of pyridine rings is 1. The van der Waals surface area contributed by atoms with E-state index in [0.29, 0.717) is 10.6 Å². The number of likely N-dealkylation sites (N-methyl/N-ethyl adjacent to an activating group) is 2. The Hall–Kier alpha value is -0.220. The number of hydrogen-bond acceptors (Lipinski definition) is 3. The van der Waals surface area contributed by atoms with Gasteiger partial charge in [-0.3, -0.25) is 4.98 Å². The van der Waals surface area contributed by atoms with Crippen LogP contribution in [0.4, 0.5) is 5.69 Å². The SMILES string of the molecule is CNC1(CN(C)c2cncc(Cl)c2)CC1.Cl.Cl. The van der Waals surface area contributed by atoms with Gasteiger partial charge in [0.2, 0.25) is 0 Å². The van der Waals surface area contributed by atoms with Gasteiger partial charge in [-0.2, -0.15) is 0 Å². The summed E-state index contributed by atoms with van der Waals surface area (Å²) < 4.78 is 0. The minimum Gasteiger partial charge on any atom is -0.371 e. The number of nitrogens with one attached hydrogen (secondary N) is 1. The van der Waals surface area contributed by atoms with Gasteiger partial charge >= 0.3 is 0 Å². The lowest BCUT2D eigenvalue weighted by atomic mass is 10.2. The van der Waals surface area contributed by atoms with Crippen LogP contribution in [0.1, 0.15) is 12.8 Å². The Morgan fingerprint density at radius 2 is 2.06 bits per heavy atom. The molecule has 0 aliphatic heterocycles. The van der Waals surface area contributed by atoms with Crippen molar-refractivity contribution >= 4 is 42.1 Å². The van der Waals surface area contributed by atoms with Gasteiger partial charge in [0.05, 0.1) is 16.9 Å². The molecule has 1 saturated carbocycles. The van der Waals surface area contributed by atoms with Gasteiger partial charge in [0.15, 0.2) is 0 Å². The molecule has 1 aliphatic rings. The van der Waals surface area contributed by atoms with Crippen LogP contribution < -0.4 is 10.2 Å². The van der Waals surface area contributed by atoms with E-state index in [1.165, 1.54) is 12.8 Å². The molecule has 0 radical (unpaired) electrons. The Balaban J connectivity index is 0.00000128. The topological polar surface area (TPSA) is 28.2 Å². The molecule has 6 heteroatoms. The predicted octanol–water partition coefficient (Wildman–Crippen LogP) is 2.77. The number of hydrogen-bond donors (Lipinski definition) is 1. The highest BCUT2D eigenvalue weighted by molar-refractivity contribution is 6.30. The normalized spacial score (nSPS) is 15.5. The number of aromatic nitrogens is 1. The van der Waals surface area contributed by atoms with E-state index < -0.39 is 0 Å². The molecule has 17 heavy (non-hydrogen) atoms. The molecule has 0 bridgehead atoms. The molecule has 2 rings (SSSR count). The highest BCUT2D eigenvalue weighted by atomic mass is 35.5. The van der Waals surface area contributed by atoms with E-state index in [4.69, 9.17) is 11.6 Å². The maximum atomic E-state index is 5.90. The Labute approximate surface area is 120 Å². The van der Waals surface area contributed by atoms with Crippen LogP contribution in [0.3, 0.4) is 0 Å². The van der Waals surface area contributed by atoms with Gasteiger partial charge in [-0.15, -0.1) is 24.8 Å². The lowest BCUT2D eigenvalue weighted by Gasteiger charge is -2.25. The second-order valence-corrected chi connectivity index (χ2v) is 4.68. The predicted molar refractivity (Wildman–Crippen MR) is 78.0 cm³/mol. The average molecular weight is 299 g/mol. The standard InChI is InChI=1S/C11H16ClN3.2ClH/c1-13-11(3-4-11)8-15(2)10-5-9(12)6-14-7-10;;/h5-7,13H,3-4,8H2,1-2H3;2*1H. The average Bonchev–Trinajstić information content (AvgIpc) is 2.98. The fourth-order valence-corrected chi connectivity index (χ4v) is 1.96.